The predicted molar refractivity (Wildman–Crippen MR) is 227 cm³/mol. The van der Waals surface area contributed by atoms with Gasteiger partial charge in [-0.05, 0) is 150 Å². The van der Waals surface area contributed by atoms with Gasteiger partial charge < -0.3 is 21.1 Å². The summed E-state index contributed by atoms with van der Waals surface area (Å²) in [6, 6.07) is 10.7. The van der Waals surface area contributed by atoms with Crippen molar-refractivity contribution in [3.05, 3.63) is 87.1 Å². The number of benzene rings is 2. The van der Waals surface area contributed by atoms with E-state index in [2.05, 4.69) is 115 Å². The number of imide groups is 2. The van der Waals surface area contributed by atoms with Crippen molar-refractivity contribution in [2.24, 2.45) is 0 Å². The van der Waals surface area contributed by atoms with Crippen LogP contribution in [-0.2, 0) is 51.9 Å². The molecule has 5 amide bonds. The van der Waals surface area contributed by atoms with Crippen molar-refractivity contribution in [3.8, 4) is 101 Å². The van der Waals surface area contributed by atoms with E-state index < -0.39 is 35.2 Å². The quantitative estimate of drug-likeness (QED) is 0.162. The molecule has 60 heavy (non-hydrogen) atoms. The van der Waals surface area contributed by atoms with Crippen LogP contribution in [0, 0.1) is 108 Å². The minimum absolute atomic E-state index is 0. The third-order valence-electron chi connectivity index (χ3n) is 7.70. The van der Waals surface area contributed by atoms with Gasteiger partial charge in [-0.15, -0.1) is 12.3 Å². The Morgan fingerprint density at radius 3 is 1.73 bits per heavy atom. The number of anilines is 4. The van der Waals surface area contributed by atoms with Crippen LogP contribution in [0.25, 0.3) is 11.0 Å². The fraction of sp³-hybridized carbons (Fsp3) is 0.106. The molecule has 0 saturated carbocycles. The van der Waals surface area contributed by atoms with E-state index in [1.807, 2.05) is 25.8 Å². The normalized spacial score (nSPS) is 11.4. The van der Waals surface area contributed by atoms with E-state index >= 15 is 0 Å². The first-order chi connectivity index (χ1) is 28.4. The number of rotatable bonds is 7. The third-order valence-corrected chi connectivity index (χ3v) is 8.26. The summed E-state index contributed by atoms with van der Waals surface area (Å²) in [6.45, 7) is 7.02. The Morgan fingerprint density at radius 2 is 1.27 bits per heavy atom. The van der Waals surface area contributed by atoms with Crippen LogP contribution in [0.4, 0.5) is 22.7 Å². The van der Waals surface area contributed by atoms with Gasteiger partial charge in [0.25, 0.3) is 29.5 Å². The van der Waals surface area contributed by atoms with Crippen LogP contribution >= 0.6 is 15.9 Å². The van der Waals surface area contributed by atoms with Gasteiger partial charge in [0.15, 0.2) is 0 Å². The van der Waals surface area contributed by atoms with Crippen molar-refractivity contribution >= 4 is 79.2 Å². The minimum Gasteiger partial charge on any atom is -0.422 e. The zero-order chi connectivity index (χ0) is 42.9. The van der Waals surface area contributed by atoms with Gasteiger partial charge in [0, 0.05) is 86.4 Å². The average Bonchev–Trinajstić information content (AvgIpc) is 3.63. The topological polar surface area (TPSA) is 137 Å². The molecular weight excluding hydrogens is 901 g/mol. The van der Waals surface area contributed by atoms with E-state index in [1.165, 1.54) is 31.2 Å². The van der Waals surface area contributed by atoms with Crippen molar-refractivity contribution in [3.63, 3.8) is 0 Å². The Labute approximate surface area is 379 Å². The molecule has 0 aliphatic carbocycles. The molecule has 0 bridgehead atoms. The number of nitrogens with zero attached hydrogens (tertiary/aromatic N) is 3. The molecule has 0 fully saturated rings. The van der Waals surface area contributed by atoms with E-state index in [0.717, 1.165) is 40.7 Å². The van der Waals surface area contributed by atoms with Gasteiger partial charge in [0.1, 0.15) is 11.1 Å². The number of terminal acetylenes is 1. The number of carbonyl (C=O) groups excluding carboxylic acids is 5. The number of amides is 5. The number of nitrogens with one attached hydrogen (secondary N) is 1. The SMILES string of the molecule is CCN(CC)c1ccc2cc(C(=O)Nc3cc(N4C(=O)C=C(C)C4=O)cc(N4C(=O)C=C(Br)C4=O)c3)c(=O)oc2c1.[C-]#CC#CC#CC#CC#CC#CC#CC#CC#C.[Y]. The molecule has 0 saturated heterocycles. The predicted octanol–water partition coefficient (Wildman–Crippen LogP) is 4.09. The largest absolute Gasteiger partial charge is 0.422 e. The number of hydrogen-bond acceptors (Lipinski definition) is 8. The summed E-state index contributed by atoms with van der Waals surface area (Å²) in [6.07, 6.45) is 13.6. The summed E-state index contributed by atoms with van der Waals surface area (Å²) < 4.78 is 5.48. The molecule has 0 spiro atoms. The standard InChI is InChI=1S/C29H23BrN4O7.C18H.Y/c1-4-32(5-2)18-7-6-16-9-21(29(40)41-23(16)13-18)26(37)31-17-10-19(33-24(35)8-15(3)27(33)38)12-20(11-17)34-25(36)14-22(30)28(34)39;1-3-5-7-9-11-13-15-17-18-16-14-12-10-8-6-4-2;/h6-14H,4-5H2,1-3H3,(H,31,37);1H;/q;-1;. The van der Waals surface area contributed by atoms with Gasteiger partial charge in [-0.3, -0.25) is 29.9 Å². The molecule has 1 radical (unpaired) electrons. The van der Waals surface area contributed by atoms with E-state index in [0.29, 0.717) is 11.0 Å². The van der Waals surface area contributed by atoms with Gasteiger partial charge >= 0.3 is 5.63 Å². The molecule has 2 aliphatic heterocycles. The van der Waals surface area contributed by atoms with Crippen LogP contribution < -0.4 is 25.6 Å². The van der Waals surface area contributed by atoms with Gasteiger partial charge in [0.2, 0.25) is 0 Å². The number of carbonyl (C=O) groups is 5. The van der Waals surface area contributed by atoms with Crippen LogP contribution in [0.1, 0.15) is 31.1 Å². The first-order valence-corrected chi connectivity index (χ1v) is 17.7. The second-order valence-corrected chi connectivity index (χ2v) is 12.2. The molecule has 0 atom stereocenters. The van der Waals surface area contributed by atoms with Gasteiger partial charge in [-0.25, -0.2) is 20.5 Å². The summed E-state index contributed by atoms with van der Waals surface area (Å²) in [5, 5.41) is 3.10. The molecular formula is C47H24BrN4O7Y-. The summed E-state index contributed by atoms with van der Waals surface area (Å²) in [5.74, 6) is 34.3. The Bertz CT molecular complexity index is 2880. The zero-order valence-electron chi connectivity index (χ0n) is 31.8. The van der Waals surface area contributed by atoms with Crippen LogP contribution in [0.5, 0.6) is 0 Å². The molecule has 1 aromatic heterocycles. The molecule has 11 nitrogen and oxygen atoms in total. The summed E-state index contributed by atoms with van der Waals surface area (Å²) >= 11 is 3.04. The molecule has 0 unspecified atom stereocenters. The molecule has 2 aromatic carbocycles. The maximum atomic E-state index is 13.3. The van der Waals surface area contributed by atoms with E-state index in [9.17, 15) is 28.8 Å². The molecule has 2 aliphatic rings. The van der Waals surface area contributed by atoms with Gasteiger partial charge in [-0.1, -0.05) is 0 Å². The van der Waals surface area contributed by atoms with Gasteiger partial charge in [-0.2, -0.15) is 0 Å². The summed E-state index contributed by atoms with van der Waals surface area (Å²) in [7, 11) is 0. The monoisotopic (exact) mass is 924 g/mol. The van der Waals surface area contributed by atoms with E-state index in [1.54, 1.807) is 12.1 Å². The molecule has 285 valence electrons. The molecule has 13 heteroatoms. The number of halogens is 1. The minimum atomic E-state index is -0.870. The fourth-order valence-electron chi connectivity index (χ4n) is 5.13. The summed E-state index contributed by atoms with van der Waals surface area (Å²) in [4.78, 5) is 80.3. The van der Waals surface area contributed by atoms with Crippen molar-refractivity contribution < 1.29 is 61.1 Å². The second kappa shape index (κ2) is 22.9. The molecule has 3 heterocycles. The zero-order valence-corrected chi connectivity index (χ0v) is 36.3. The van der Waals surface area contributed by atoms with Crippen LogP contribution in [-0.4, -0.2) is 42.6 Å². The van der Waals surface area contributed by atoms with Crippen molar-refractivity contribution in [2.45, 2.75) is 20.8 Å². The van der Waals surface area contributed by atoms with Crippen molar-refractivity contribution in [2.75, 3.05) is 33.1 Å². The van der Waals surface area contributed by atoms with E-state index in [-0.39, 0.29) is 65.4 Å². The fourth-order valence-corrected chi connectivity index (χ4v) is 5.50. The molecule has 1 N–H and O–H groups in total. The first-order valence-electron chi connectivity index (χ1n) is 16.9. The molecule has 3 aromatic rings. The third kappa shape index (κ3) is 12.2. The first kappa shape index (κ1) is 46.7. The Hall–Kier alpha value is -7.70. The maximum Gasteiger partial charge on any atom is 0.349 e. The molecule has 5 rings (SSSR count). The van der Waals surface area contributed by atoms with Crippen molar-refractivity contribution in [1.82, 2.24) is 0 Å². The van der Waals surface area contributed by atoms with Crippen LogP contribution in [0.15, 0.2) is 73.9 Å². The maximum absolute atomic E-state index is 13.3. The number of fused-ring (bicyclic) bond motifs is 1. The van der Waals surface area contributed by atoms with Crippen molar-refractivity contribution in [1.29, 1.82) is 0 Å². The Balaban J connectivity index is 0.000000430. The summed E-state index contributed by atoms with van der Waals surface area (Å²) in [5.41, 5.74) is 0.259. The Morgan fingerprint density at radius 1 is 0.750 bits per heavy atom. The smallest absolute Gasteiger partial charge is 0.349 e. The van der Waals surface area contributed by atoms with Crippen LogP contribution in [0.2, 0.25) is 0 Å². The van der Waals surface area contributed by atoms with Crippen LogP contribution in [0.3, 0.4) is 0 Å². The Kier molecular flexibility index (Phi) is 17.8. The second-order valence-electron chi connectivity index (χ2n) is 11.3. The average molecular weight is 926 g/mol. The van der Waals surface area contributed by atoms with Gasteiger partial charge in [0.05, 0.1) is 15.9 Å². The number of hydrogen-bond donors (Lipinski definition) is 1. The van der Waals surface area contributed by atoms with E-state index in [4.69, 9.17) is 17.3 Å².